The van der Waals surface area contributed by atoms with E-state index in [-0.39, 0.29) is 12.8 Å². The molecule has 0 saturated carbocycles. The Balaban J connectivity index is 1.85. The zero-order chi connectivity index (χ0) is 17.0. The maximum Gasteiger partial charge on any atom is 0.414 e. The molecule has 0 bridgehead atoms. The SMILES string of the molecule is N#Cc1ccc(C(O)CN2CCC(C(O)C(F)(F)F)CC2)cc1. The molecule has 2 atom stereocenters. The average molecular weight is 328 g/mol. The van der Waals surface area contributed by atoms with Crippen molar-refractivity contribution in [1.29, 1.82) is 5.26 Å². The molecule has 4 nitrogen and oxygen atoms in total. The molecule has 23 heavy (non-hydrogen) atoms. The van der Waals surface area contributed by atoms with E-state index in [9.17, 15) is 23.4 Å². The Morgan fingerprint density at radius 1 is 1.17 bits per heavy atom. The maximum atomic E-state index is 12.5. The van der Waals surface area contributed by atoms with Crippen LogP contribution in [-0.2, 0) is 0 Å². The van der Waals surface area contributed by atoms with Crippen LogP contribution >= 0.6 is 0 Å². The minimum absolute atomic E-state index is 0.251. The van der Waals surface area contributed by atoms with Gasteiger partial charge in [-0.05, 0) is 49.5 Å². The van der Waals surface area contributed by atoms with E-state index in [4.69, 9.17) is 5.26 Å². The van der Waals surface area contributed by atoms with Gasteiger partial charge in [0.05, 0.1) is 17.7 Å². The highest BCUT2D eigenvalue weighted by atomic mass is 19.4. The van der Waals surface area contributed by atoms with Crippen molar-refractivity contribution in [3.63, 3.8) is 0 Å². The number of β-amino-alcohol motifs (C(OH)–C–C–N with tert-alkyl or cyclic N) is 1. The van der Waals surface area contributed by atoms with E-state index < -0.39 is 24.3 Å². The minimum atomic E-state index is -4.57. The second kappa shape index (κ2) is 7.30. The topological polar surface area (TPSA) is 67.5 Å². The molecule has 0 aromatic heterocycles. The lowest BCUT2D eigenvalue weighted by Gasteiger charge is -2.35. The van der Waals surface area contributed by atoms with Gasteiger partial charge in [-0.15, -0.1) is 0 Å². The molecule has 1 fully saturated rings. The number of aliphatic hydroxyl groups is 2. The number of benzene rings is 1. The van der Waals surface area contributed by atoms with E-state index in [0.29, 0.717) is 30.8 Å². The minimum Gasteiger partial charge on any atom is -0.387 e. The third-order valence-corrected chi connectivity index (χ3v) is 4.27. The zero-order valence-corrected chi connectivity index (χ0v) is 12.5. The van der Waals surface area contributed by atoms with Gasteiger partial charge in [0.15, 0.2) is 6.10 Å². The number of halogens is 3. The quantitative estimate of drug-likeness (QED) is 0.889. The van der Waals surface area contributed by atoms with Gasteiger partial charge in [-0.2, -0.15) is 18.4 Å². The average Bonchev–Trinajstić information content (AvgIpc) is 2.54. The summed E-state index contributed by atoms with van der Waals surface area (Å²) in [5.41, 5.74) is 1.17. The van der Waals surface area contributed by atoms with Crippen LogP contribution in [0.15, 0.2) is 24.3 Å². The summed E-state index contributed by atoms with van der Waals surface area (Å²) in [6.45, 7) is 1.14. The van der Waals surface area contributed by atoms with Crippen molar-refractivity contribution in [3.05, 3.63) is 35.4 Å². The van der Waals surface area contributed by atoms with E-state index in [1.54, 1.807) is 24.3 Å². The lowest BCUT2D eigenvalue weighted by molar-refractivity contribution is -0.223. The fraction of sp³-hybridized carbons (Fsp3) is 0.562. The Morgan fingerprint density at radius 2 is 1.74 bits per heavy atom. The first-order valence-electron chi connectivity index (χ1n) is 7.46. The second-order valence-electron chi connectivity index (χ2n) is 5.87. The van der Waals surface area contributed by atoms with E-state index >= 15 is 0 Å². The zero-order valence-electron chi connectivity index (χ0n) is 12.5. The third-order valence-electron chi connectivity index (χ3n) is 4.27. The van der Waals surface area contributed by atoms with Crippen LogP contribution in [0.1, 0.15) is 30.1 Å². The van der Waals surface area contributed by atoms with Gasteiger partial charge in [0.1, 0.15) is 0 Å². The lowest BCUT2D eigenvalue weighted by Crippen LogP contribution is -2.44. The summed E-state index contributed by atoms with van der Waals surface area (Å²) < 4.78 is 37.5. The Bertz CT molecular complexity index is 546. The van der Waals surface area contributed by atoms with E-state index in [2.05, 4.69) is 0 Å². The molecule has 126 valence electrons. The normalized spacial score (nSPS) is 20.0. The number of nitrogens with zero attached hydrogens (tertiary/aromatic N) is 2. The molecule has 1 aliphatic rings. The maximum absolute atomic E-state index is 12.5. The molecule has 0 spiro atoms. The summed E-state index contributed by atoms with van der Waals surface area (Å²) in [4.78, 5) is 1.89. The van der Waals surface area contributed by atoms with Crippen LogP contribution < -0.4 is 0 Å². The highest BCUT2D eigenvalue weighted by molar-refractivity contribution is 5.32. The first kappa shape index (κ1) is 17.7. The van der Waals surface area contributed by atoms with Crippen molar-refractivity contribution in [2.24, 2.45) is 5.92 Å². The van der Waals surface area contributed by atoms with Gasteiger partial charge in [0.25, 0.3) is 0 Å². The number of aliphatic hydroxyl groups excluding tert-OH is 2. The van der Waals surface area contributed by atoms with Gasteiger partial charge in [-0.3, -0.25) is 0 Å². The van der Waals surface area contributed by atoms with Gasteiger partial charge in [0, 0.05) is 6.54 Å². The molecule has 2 unspecified atom stereocenters. The van der Waals surface area contributed by atoms with Crippen molar-refractivity contribution in [1.82, 2.24) is 4.90 Å². The van der Waals surface area contributed by atoms with Crippen LogP contribution in [0.5, 0.6) is 0 Å². The van der Waals surface area contributed by atoms with Crippen molar-refractivity contribution >= 4 is 0 Å². The number of nitriles is 1. The molecule has 1 aliphatic heterocycles. The molecule has 1 heterocycles. The number of piperidine rings is 1. The molecular formula is C16H19F3N2O2. The highest BCUT2D eigenvalue weighted by Gasteiger charge is 2.44. The molecule has 0 aliphatic carbocycles. The summed E-state index contributed by atoms with van der Waals surface area (Å²) in [6, 6.07) is 8.57. The Kier molecular flexibility index (Phi) is 5.63. The van der Waals surface area contributed by atoms with Gasteiger partial charge < -0.3 is 15.1 Å². The fourth-order valence-corrected chi connectivity index (χ4v) is 2.85. The molecule has 2 rings (SSSR count). The number of hydrogen-bond donors (Lipinski definition) is 2. The van der Waals surface area contributed by atoms with Crippen molar-refractivity contribution < 1.29 is 23.4 Å². The Morgan fingerprint density at radius 3 is 2.22 bits per heavy atom. The first-order chi connectivity index (χ1) is 10.8. The highest BCUT2D eigenvalue weighted by Crippen LogP contribution is 2.32. The van der Waals surface area contributed by atoms with Gasteiger partial charge in [-0.1, -0.05) is 12.1 Å². The lowest BCUT2D eigenvalue weighted by atomic mass is 9.90. The summed E-state index contributed by atoms with van der Waals surface area (Å²) in [5, 5.41) is 28.2. The summed E-state index contributed by atoms with van der Waals surface area (Å²) >= 11 is 0. The molecular weight excluding hydrogens is 309 g/mol. The largest absolute Gasteiger partial charge is 0.414 e. The summed E-state index contributed by atoms with van der Waals surface area (Å²) in [5.74, 6) is -0.779. The van der Waals surface area contributed by atoms with Crippen LogP contribution in [-0.4, -0.2) is 47.0 Å². The number of rotatable bonds is 4. The van der Waals surface area contributed by atoms with E-state index in [1.807, 2.05) is 11.0 Å². The number of alkyl halides is 3. The molecule has 0 radical (unpaired) electrons. The first-order valence-corrected chi connectivity index (χ1v) is 7.46. The standard InChI is InChI=1S/C16H19F3N2O2/c17-16(18,19)15(23)13-5-7-21(8-6-13)10-14(22)12-3-1-11(9-20)2-4-12/h1-4,13-15,22-23H,5-8,10H2. The van der Waals surface area contributed by atoms with Gasteiger partial charge in [-0.25, -0.2) is 0 Å². The van der Waals surface area contributed by atoms with Crippen LogP contribution in [0.3, 0.4) is 0 Å². The van der Waals surface area contributed by atoms with Crippen LogP contribution in [0.4, 0.5) is 13.2 Å². The van der Waals surface area contributed by atoms with Crippen LogP contribution in [0, 0.1) is 17.2 Å². The monoisotopic (exact) mass is 328 g/mol. The van der Waals surface area contributed by atoms with E-state index in [1.165, 1.54) is 0 Å². The predicted molar refractivity (Wildman–Crippen MR) is 77.3 cm³/mol. The number of hydrogen-bond acceptors (Lipinski definition) is 4. The van der Waals surface area contributed by atoms with Gasteiger partial charge in [0.2, 0.25) is 0 Å². The second-order valence-corrected chi connectivity index (χ2v) is 5.87. The third kappa shape index (κ3) is 4.67. The smallest absolute Gasteiger partial charge is 0.387 e. The Hall–Kier alpha value is -1.62. The molecule has 1 saturated heterocycles. The number of likely N-dealkylation sites (tertiary alicyclic amines) is 1. The van der Waals surface area contributed by atoms with Crippen molar-refractivity contribution in [3.8, 4) is 6.07 Å². The van der Waals surface area contributed by atoms with Gasteiger partial charge >= 0.3 is 6.18 Å². The van der Waals surface area contributed by atoms with Crippen molar-refractivity contribution in [2.75, 3.05) is 19.6 Å². The van der Waals surface area contributed by atoms with Crippen LogP contribution in [0.25, 0.3) is 0 Å². The van der Waals surface area contributed by atoms with Crippen molar-refractivity contribution in [2.45, 2.75) is 31.2 Å². The predicted octanol–water partition coefficient (Wildman–Crippen LogP) is 2.23. The Labute approximate surface area is 132 Å². The van der Waals surface area contributed by atoms with Crippen LogP contribution in [0.2, 0.25) is 0 Å². The van der Waals surface area contributed by atoms with E-state index in [0.717, 1.165) is 0 Å². The summed E-state index contributed by atoms with van der Waals surface area (Å²) in [7, 11) is 0. The molecule has 1 aromatic carbocycles. The fourth-order valence-electron chi connectivity index (χ4n) is 2.85. The summed E-state index contributed by atoms with van der Waals surface area (Å²) in [6.07, 6.45) is -7.10. The molecule has 2 N–H and O–H groups in total. The molecule has 0 amide bonds. The molecule has 7 heteroatoms. The molecule has 1 aromatic rings.